The number of nitrogens with one attached hydrogen (secondary N) is 1. The van der Waals surface area contributed by atoms with Crippen LogP contribution in [0.4, 0.5) is 5.69 Å². The highest BCUT2D eigenvalue weighted by Gasteiger charge is 2.27. The summed E-state index contributed by atoms with van der Waals surface area (Å²) < 4.78 is 0. The number of nitrogens with two attached hydrogens (primary N) is 1. The van der Waals surface area contributed by atoms with Crippen LogP contribution in [-0.2, 0) is 11.3 Å². The molecule has 1 aromatic rings. The maximum absolute atomic E-state index is 12.3. The van der Waals surface area contributed by atoms with Crippen molar-refractivity contribution in [1.82, 2.24) is 4.90 Å². The van der Waals surface area contributed by atoms with Gasteiger partial charge in [-0.1, -0.05) is 32.9 Å². The molecule has 0 aromatic heterocycles. The number of carbonyl (C=O) groups is 1. The van der Waals surface area contributed by atoms with Crippen LogP contribution in [0, 0.1) is 11.3 Å². The number of amides is 1. The first kappa shape index (κ1) is 25.1. The molecule has 1 atom stereocenters. The second-order valence-corrected chi connectivity index (χ2v) is 7.94. The van der Waals surface area contributed by atoms with Crippen LogP contribution in [-0.4, -0.2) is 41.7 Å². The first-order chi connectivity index (χ1) is 11.3. The van der Waals surface area contributed by atoms with Crippen molar-refractivity contribution < 1.29 is 9.90 Å². The van der Waals surface area contributed by atoms with Crippen LogP contribution in [0.5, 0.6) is 0 Å². The molecular weight excluding hydrogens is 373 g/mol. The first-order valence-corrected chi connectivity index (χ1v) is 8.78. The fourth-order valence-electron chi connectivity index (χ4n) is 2.95. The Morgan fingerprint density at radius 3 is 2.46 bits per heavy atom. The molecule has 0 radical (unpaired) electrons. The van der Waals surface area contributed by atoms with Gasteiger partial charge in [-0.15, -0.1) is 24.8 Å². The van der Waals surface area contributed by atoms with Crippen molar-refractivity contribution in [3.05, 3.63) is 29.8 Å². The van der Waals surface area contributed by atoms with Gasteiger partial charge < -0.3 is 16.2 Å². The number of rotatable bonds is 5. The van der Waals surface area contributed by atoms with Crippen LogP contribution in [0.1, 0.15) is 39.2 Å². The normalized spacial score (nSPS) is 17.0. The fourth-order valence-corrected chi connectivity index (χ4v) is 2.95. The summed E-state index contributed by atoms with van der Waals surface area (Å²) in [6, 6.07) is 7.42. The van der Waals surface area contributed by atoms with Crippen LogP contribution >= 0.6 is 24.8 Å². The van der Waals surface area contributed by atoms with E-state index in [1.165, 1.54) is 5.56 Å². The van der Waals surface area contributed by atoms with Crippen molar-refractivity contribution in [1.29, 1.82) is 0 Å². The minimum atomic E-state index is -0.543. The van der Waals surface area contributed by atoms with Gasteiger partial charge in [0.25, 0.3) is 0 Å². The van der Waals surface area contributed by atoms with Crippen LogP contribution < -0.4 is 11.1 Å². The van der Waals surface area contributed by atoms with Crippen molar-refractivity contribution in [2.24, 2.45) is 17.1 Å². The van der Waals surface area contributed by atoms with Gasteiger partial charge in [0, 0.05) is 18.8 Å². The Hall–Kier alpha value is -0.850. The molecular formula is C19H33Cl2N3O2. The maximum atomic E-state index is 12.3. The van der Waals surface area contributed by atoms with E-state index < -0.39 is 6.04 Å². The quantitative estimate of drug-likeness (QED) is 0.703. The topological polar surface area (TPSA) is 78.6 Å². The van der Waals surface area contributed by atoms with E-state index in [4.69, 9.17) is 5.73 Å². The van der Waals surface area contributed by atoms with E-state index in [0.717, 1.165) is 38.2 Å². The van der Waals surface area contributed by atoms with Gasteiger partial charge in [-0.2, -0.15) is 0 Å². The van der Waals surface area contributed by atoms with Gasteiger partial charge in [0.15, 0.2) is 0 Å². The summed E-state index contributed by atoms with van der Waals surface area (Å²) >= 11 is 0. The Labute approximate surface area is 169 Å². The minimum Gasteiger partial charge on any atom is -0.396 e. The summed E-state index contributed by atoms with van der Waals surface area (Å²) in [6.07, 6.45) is 2.10. The number of piperidine rings is 1. The number of nitrogens with zero attached hydrogens (tertiary/aromatic N) is 1. The van der Waals surface area contributed by atoms with Gasteiger partial charge in [-0.05, 0) is 55.0 Å². The highest BCUT2D eigenvalue weighted by atomic mass is 35.5. The fraction of sp³-hybridized carbons (Fsp3) is 0.632. The molecule has 0 unspecified atom stereocenters. The lowest BCUT2D eigenvalue weighted by Crippen LogP contribution is -2.45. The Kier molecular flexibility index (Phi) is 10.7. The predicted octanol–water partition coefficient (Wildman–Crippen LogP) is 3.05. The Morgan fingerprint density at radius 1 is 1.31 bits per heavy atom. The maximum Gasteiger partial charge on any atom is 0.241 e. The molecule has 1 aliphatic heterocycles. The summed E-state index contributed by atoms with van der Waals surface area (Å²) in [5, 5.41) is 12.1. The number of aliphatic hydroxyl groups excluding tert-OH is 1. The van der Waals surface area contributed by atoms with Crippen LogP contribution in [0.15, 0.2) is 24.3 Å². The molecule has 7 heteroatoms. The Morgan fingerprint density at radius 2 is 1.92 bits per heavy atom. The molecule has 26 heavy (non-hydrogen) atoms. The van der Waals surface area contributed by atoms with E-state index in [0.29, 0.717) is 12.5 Å². The second kappa shape index (κ2) is 11.1. The van der Waals surface area contributed by atoms with E-state index in [1.54, 1.807) is 0 Å². The molecule has 0 bridgehead atoms. The van der Waals surface area contributed by atoms with Crippen molar-refractivity contribution in [3.63, 3.8) is 0 Å². The van der Waals surface area contributed by atoms with E-state index in [9.17, 15) is 9.90 Å². The monoisotopic (exact) mass is 405 g/mol. The molecule has 1 fully saturated rings. The predicted molar refractivity (Wildman–Crippen MR) is 112 cm³/mol. The molecule has 4 N–H and O–H groups in total. The third kappa shape index (κ3) is 7.41. The zero-order valence-corrected chi connectivity index (χ0v) is 17.5. The molecule has 0 saturated carbocycles. The molecule has 0 spiro atoms. The van der Waals surface area contributed by atoms with Gasteiger partial charge in [0.2, 0.25) is 5.91 Å². The number of carbonyl (C=O) groups excluding carboxylic acids is 1. The molecule has 5 nitrogen and oxygen atoms in total. The molecule has 1 saturated heterocycles. The third-order valence-corrected chi connectivity index (χ3v) is 4.78. The number of benzene rings is 1. The Balaban J connectivity index is 0.00000312. The number of anilines is 1. The Bertz CT molecular complexity index is 556. The number of hydrogen-bond acceptors (Lipinski definition) is 4. The van der Waals surface area contributed by atoms with Crippen LogP contribution in [0.25, 0.3) is 0 Å². The van der Waals surface area contributed by atoms with Crippen LogP contribution in [0.2, 0.25) is 0 Å². The smallest absolute Gasteiger partial charge is 0.241 e. The zero-order chi connectivity index (χ0) is 17.7. The van der Waals surface area contributed by atoms with Crippen molar-refractivity contribution >= 4 is 36.4 Å². The van der Waals surface area contributed by atoms with Gasteiger partial charge in [-0.3, -0.25) is 9.69 Å². The van der Waals surface area contributed by atoms with Crippen LogP contribution in [0.3, 0.4) is 0 Å². The average Bonchev–Trinajstić information content (AvgIpc) is 2.54. The SMILES string of the molecule is CC(C)(C)[C@H](N)C(=O)Nc1cccc(CN2CCC(CO)CC2)c1.Cl.Cl. The van der Waals surface area contributed by atoms with Crippen molar-refractivity contribution in [2.45, 2.75) is 46.2 Å². The van der Waals surface area contributed by atoms with Crippen molar-refractivity contribution in [2.75, 3.05) is 25.0 Å². The third-order valence-electron chi connectivity index (χ3n) is 4.78. The second-order valence-electron chi connectivity index (χ2n) is 7.94. The number of likely N-dealkylation sites (tertiary alicyclic amines) is 1. The minimum absolute atomic E-state index is 0. The summed E-state index contributed by atoms with van der Waals surface area (Å²) in [7, 11) is 0. The van der Waals surface area contributed by atoms with Gasteiger partial charge in [0.1, 0.15) is 0 Å². The van der Waals surface area contributed by atoms with Gasteiger partial charge in [-0.25, -0.2) is 0 Å². The largest absolute Gasteiger partial charge is 0.396 e. The standard InChI is InChI=1S/C19H31N3O2.2ClH/c1-19(2,3)17(20)18(24)21-16-6-4-5-15(11-16)12-22-9-7-14(13-23)8-10-22;;/h4-6,11,14,17,23H,7-10,12-13,20H2,1-3H3,(H,21,24);2*1H/t17-;;/m1../s1. The average molecular weight is 406 g/mol. The molecule has 1 heterocycles. The van der Waals surface area contributed by atoms with E-state index in [2.05, 4.69) is 16.3 Å². The van der Waals surface area contributed by atoms with E-state index in [-0.39, 0.29) is 36.1 Å². The molecule has 1 aliphatic rings. The summed E-state index contributed by atoms with van der Waals surface area (Å²) in [5.41, 5.74) is 7.72. The first-order valence-electron chi connectivity index (χ1n) is 8.78. The molecule has 0 aliphatic carbocycles. The molecule has 1 amide bonds. The molecule has 2 rings (SSSR count). The number of halogens is 2. The van der Waals surface area contributed by atoms with Gasteiger partial charge >= 0.3 is 0 Å². The van der Waals surface area contributed by atoms with E-state index in [1.807, 2.05) is 39.0 Å². The molecule has 150 valence electrons. The lowest BCUT2D eigenvalue weighted by Gasteiger charge is -2.31. The summed E-state index contributed by atoms with van der Waals surface area (Å²) in [5.74, 6) is 0.300. The summed E-state index contributed by atoms with van der Waals surface area (Å²) in [6.45, 7) is 9.07. The lowest BCUT2D eigenvalue weighted by molar-refractivity contribution is -0.119. The lowest BCUT2D eigenvalue weighted by atomic mass is 9.87. The van der Waals surface area contributed by atoms with E-state index >= 15 is 0 Å². The highest BCUT2D eigenvalue weighted by molar-refractivity contribution is 5.95. The number of aliphatic hydroxyl groups is 1. The van der Waals surface area contributed by atoms with Gasteiger partial charge in [0.05, 0.1) is 6.04 Å². The molecule has 1 aromatic carbocycles. The number of hydrogen-bond donors (Lipinski definition) is 3. The summed E-state index contributed by atoms with van der Waals surface area (Å²) in [4.78, 5) is 14.7. The van der Waals surface area contributed by atoms with Crippen molar-refractivity contribution in [3.8, 4) is 0 Å². The highest BCUT2D eigenvalue weighted by Crippen LogP contribution is 2.21. The zero-order valence-electron chi connectivity index (χ0n) is 15.9.